The zero-order chi connectivity index (χ0) is 9.35. The molecule has 0 aliphatic rings. The summed E-state index contributed by atoms with van der Waals surface area (Å²) in [6.07, 6.45) is -3.91. The van der Waals surface area contributed by atoms with Gasteiger partial charge in [-0.25, -0.2) is 0 Å². The average Bonchev–Trinajstić information content (AvgIpc) is 1.92. The molecule has 1 aromatic heterocycles. The van der Waals surface area contributed by atoms with Gasteiger partial charge in [0.2, 0.25) is 0 Å². The van der Waals surface area contributed by atoms with Crippen molar-refractivity contribution in [3.8, 4) is 0 Å². The third-order valence-electron chi connectivity index (χ3n) is 1.04. The summed E-state index contributed by atoms with van der Waals surface area (Å²) in [7, 11) is 0. The zero-order valence-electron chi connectivity index (χ0n) is 6.41. The Morgan fingerprint density at radius 1 is 1.31 bits per heavy atom. The molecule has 0 N–H and O–H groups in total. The second kappa shape index (κ2) is 4.56. The van der Waals surface area contributed by atoms with E-state index < -0.39 is 11.7 Å². The van der Waals surface area contributed by atoms with E-state index in [4.69, 9.17) is 23.2 Å². The molecule has 7 heteroatoms. The van der Waals surface area contributed by atoms with E-state index in [1.807, 2.05) is 6.07 Å². The quantitative estimate of drug-likeness (QED) is 0.347. The van der Waals surface area contributed by atoms with Crippen LogP contribution in [0.2, 0.25) is 10.2 Å². The Morgan fingerprint density at radius 2 is 1.85 bits per heavy atom. The van der Waals surface area contributed by atoms with Gasteiger partial charge in [0.1, 0.15) is 0 Å². The van der Waals surface area contributed by atoms with Crippen molar-refractivity contribution in [3.05, 3.63) is 28.0 Å². The van der Waals surface area contributed by atoms with Crippen LogP contribution >= 0.6 is 23.2 Å². The summed E-state index contributed by atoms with van der Waals surface area (Å²) >= 11 is 10.6. The Bertz CT molecular complexity index is 302. The van der Waals surface area contributed by atoms with Crippen molar-refractivity contribution in [2.45, 2.75) is 6.18 Å². The first-order chi connectivity index (χ1) is 5.41. The Hall–Kier alpha value is 0.117. The Labute approximate surface area is 94.4 Å². The third-order valence-corrected chi connectivity index (χ3v) is 1.69. The molecule has 0 amide bonds. The molecule has 0 radical (unpaired) electrons. The number of rotatable bonds is 0. The number of halogens is 5. The minimum atomic E-state index is -4.48. The van der Waals surface area contributed by atoms with Crippen LogP contribution in [0.1, 0.15) is 5.56 Å². The van der Waals surface area contributed by atoms with Gasteiger partial charge in [0, 0.05) is 5.15 Å². The first kappa shape index (κ1) is 13.1. The summed E-state index contributed by atoms with van der Waals surface area (Å²) in [5, 5.41) is -0.517. The standard InChI is InChI=1S/C6HCl2F3N.Li/c7-4-1-3(6(9,10)11)2-12-5(4)8;/h2H;/q-1;+1. The average molecular weight is 222 g/mol. The van der Waals surface area contributed by atoms with Gasteiger partial charge in [-0.1, -0.05) is 6.20 Å². The van der Waals surface area contributed by atoms with Crippen LogP contribution in [0.25, 0.3) is 0 Å². The van der Waals surface area contributed by atoms with Gasteiger partial charge in [-0.3, -0.25) is 0 Å². The minimum Gasteiger partial charge on any atom is -0.370 e. The maximum Gasteiger partial charge on any atom is 1.00 e. The van der Waals surface area contributed by atoms with E-state index in [1.165, 1.54) is 0 Å². The maximum atomic E-state index is 11.9. The Morgan fingerprint density at radius 3 is 2.23 bits per heavy atom. The van der Waals surface area contributed by atoms with Crippen molar-refractivity contribution >= 4 is 23.2 Å². The van der Waals surface area contributed by atoms with Gasteiger partial charge in [0.15, 0.2) is 0 Å². The molecule has 0 saturated heterocycles. The summed E-state index contributed by atoms with van der Waals surface area (Å²) in [5.41, 5.74) is -1.03. The van der Waals surface area contributed by atoms with Crippen LogP contribution in [0.5, 0.6) is 0 Å². The monoisotopic (exact) mass is 221 g/mol. The van der Waals surface area contributed by atoms with Gasteiger partial charge in [0.05, 0.1) is 0 Å². The summed E-state index contributed by atoms with van der Waals surface area (Å²) in [4.78, 5) is 3.23. The number of alkyl halides is 3. The number of nitrogens with zero attached hydrogens (tertiary/aromatic N) is 1. The van der Waals surface area contributed by atoms with Crippen LogP contribution in [0.3, 0.4) is 0 Å². The fourth-order valence-electron chi connectivity index (χ4n) is 0.524. The van der Waals surface area contributed by atoms with Crippen LogP contribution in [0, 0.1) is 6.07 Å². The molecule has 0 unspecified atom stereocenters. The predicted molar refractivity (Wildman–Crippen MR) is 38.1 cm³/mol. The second-order valence-corrected chi connectivity index (χ2v) is 2.64. The topological polar surface area (TPSA) is 12.9 Å². The Kier molecular flexibility index (Phi) is 4.60. The first-order valence-corrected chi connectivity index (χ1v) is 3.47. The maximum absolute atomic E-state index is 11.9. The molecular formula is C6HCl2F3LiN. The van der Waals surface area contributed by atoms with Crippen molar-refractivity contribution in [1.82, 2.24) is 4.98 Å². The molecule has 1 heterocycles. The van der Waals surface area contributed by atoms with Crippen molar-refractivity contribution in [2.75, 3.05) is 0 Å². The smallest absolute Gasteiger partial charge is 0.370 e. The SMILES string of the molecule is FC(F)(F)c1[c-]c(Cl)c(Cl)nc1.[Li+]. The Balaban J connectivity index is 0.00000144. The van der Waals surface area contributed by atoms with Crippen LogP contribution < -0.4 is 18.9 Å². The van der Waals surface area contributed by atoms with E-state index >= 15 is 0 Å². The number of aromatic nitrogens is 1. The molecular weight excluding hydrogens is 221 g/mol. The van der Waals surface area contributed by atoms with Crippen molar-refractivity contribution < 1.29 is 32.0 Å². The van der Waals surface area contributed by atoms with Crippen LogP contribution in [-0.2, 0) is 6.18 Å². The predicted octanol–water partition coefficient (Wildman–Crippen LogP) is 0.211. The normalized spacial score (nSPS) is 10.8. The van der Waals surface area contributed by atoms with Crippen LogP contribution in [0.15, 0.2) is 6.20 Å². The molecule has 0 aliphatic carbocycles. The van der Waals surface area contributed by atoms with E-state index in [0.29, 0.717) is 6.20 Å². The van der Waals surface area contributed by atoms with Crippen LogP contribution in [-0.4, -0.2) is 4.98 Å². The van der Waals surface area contributed by atoms with Gasteiger partial charge >= 0.3 is 25.0 Å². The van der Waals surface area contributed by atoms with E-state index in [2.05, 4.69) is 4.98 Å². The van der Waals surface area contributed by atoms with E-state index in [0.717, 1.165) is 0 Å². The van der Waals surface area contributed by atoms with E-state index in [1.54, 1.807) is 0 Å². The van der Waals surface area contributed by atoms with Crippen molar-refractivity contribution in [2.24, 2.45) is 0 Å². The minimum absolute atomic E-state index is 0. The van der Waals surface area contributed by atoms with Crippen molar-refractivity contribution in [1.29, 1.82) is 0 Å². The molecule has 0 aliphatic heterocycles. The molecule has 0 bridgehead atoms. The molecule has 1 aromatic rings. The van der Waals surface area contributed by atoms with Gasteiger partial charge in [0.25, 0.3) is 0 Å². The molecule has 0 aromatic carbocycles. The number of hydrogen-bond acceptors (Lipinski definition) is 1. The molecule has 0 atom stereocenters. The summed E-state index contributed by atoms with van der Waals surface area (Å²) in [5.74, 6) is 0. The molecule has 1 rings (SSSR count). The van der Waals surface area contributed by atoms with E-state index in [9.17, 15) is 13.2 Å². The van der Waals surface area contributed by atoms with Crippen LogP contribution in [0.4, 0.5) is 13.2 Å². The summed E-state index contributed by atoms with van der Waals surface area (Å²) in [6.45, 7) is 0. The fraction of sp³-hybridized carbons (Fsp3) is 0.167. The van der Waals surface area contributed by atoms with Gasteiger partial charge < -0.3 is 4.98 Å². The second-order valence-electron chi connectivity index (χ2n) is 1.90. The molecule has 66 valence electrons. The first-order valence-electron chi connectivity index (χ1n) is 2.72. The molecule has 0 fully saturated rings. The molecule has 0 spiro atoms. The number of pyridine rings is 1. The zero-order valence-corrected chi connectivity index (χ0v) is 7.93. The van der Waals surface area contributed by atoms with Gasteiger partial charge in [-0.15, -0.1) is 29.3 Å². The largest absolute Gasteiger partial charge is 1.00 e. The summed E-state index contributed by atoms with van der Waals surface area (Å²) < 4.78 is 35.8. The fourth-order valence-corrected chi connectivity index (χ4v) is 0.771. The van der Waals surface area contributed by atoms with Gasteiger partial charge in [-0.2, -0.15) is 13.2 Å². The third kappa shape index (κ3) is 3.39. The van der Waals surface area contributed by atoms with E-state index in [-0.39, 0.29) is 29.0 Å². The van der Waals surface area contributed by atoms with Crippen molar-refractivity contribution in [3.63, 3.8) is 0 Å². The summed E-state index contributed by atoms with van der Waals surface area (Å²) in [6, 6.07) is 1.86. The van der Waals surface area contributed by atoms with Gasteiger partial charge in [-0.05, 0) is 10.6 Å². The molecule has 13 heavy (non-hydrogen) atoms. The molecule has 0 saturated carbocycles. The number of hydrogen-bond donors (Lipinski definition) is 0. The molecule has 1 nitrogen and oxygen atoms in total.